The van der Waals surface area contributed by atoms with Crippen LogP contribution in [0.25, 0.3) is 11.1 Å². The van der Waals surface area contributed by atoms with Crippen LogP contribution >= 0.6 is 11.8 Å². The molecule has 5 heteroatoms. The average Bonchev–Trinajstić information content (AvgIpc) is 3.05. The molecule has 0 bridgehead atoms. The minimum absolute atomic E-state index is 0.0162. The zero-order chi connectivity index (χ0) is 24.0. The number of hydrogen-bond donors (Lipinski definition) is 1. The van der Waals surface area contributed by atoms with Crippen molar-refractivity contribution >= 4 is 17.4 Å². The van der Waals surface area contributed by atoms with E-state index in [4.69, 9.17) is 9.47 Å². The molecule has 182 valence electrons. The number of methoxy groups -OCH3 is 2. The topological polar surface area (TPSA) is 33.7 Å². The lowest BCUT2D eigenvalue weighted by Crippen LogP contribution is -2.44. The summed E-state index contributed by atoms with van der Waals surface area (Å²) in [6.07, 6.45) is 1.26. The van der Waals surface area contributed by atoms with Gasteiger partial charge in [-0.25, -0.2) is 0 Å². The summed E-state index contributed by atoms with van der Waals surface area (Å²) in [4.78, 5) is 2.73. The van der Waals surface area contributed by atoms with Gasteiger partial charge in [-0.3, -0.25) is 0 Å². The van der Waals surface area contributed by atoms with E-state index in [1.807, 2.05) is 27.7 Å². The Balaban J connectivity index is 0.000000728. The molecule has 4 nitrogen and oxygen atoms in total. The molecule has 1 fully saturated rings. The standard InChI is InChI=1S/C24H30N2O2S.2C2H6/c1-15(27-2)20-12-18(28-3)4-5-19(20)16-10-17-14-29-9-8-26-23-6-7-25-13-22(23)21(11-16)24(17)26;2*1-2/h4-5,10-12,15,22-23,25H,6-9,13-14H2,1-3H3;2*1-2H3. The molecular weight excluding hydrogens is 428 g/mol. The summed E-state index contributed by atoms with van der Waals surface area (Å²) in [7, 11) is 3.50. The Bertz CT molecular complexity index is 917. The molecule has 0 amide bonds. The van der Waals surface area contributed by atoms with Crippen LogP contribution in [0, 0.1) is 0 Å². The van der Waals surface area contributed by atoms with E-state index in [1.165, 1.54) is 46.7 Å². The maximum absolute atomic E-state index is 5.70. The molecule has 2 aromatic carbocycles. The van der Waals surface area contributed by atoms with Gasteiger partial charge in [0.15, 0.2) is 0 Å². The van der Waals surface area contributed by atoms with Crippen molar-refractivity contribution < 1.29 is 9.47 Å². The molecule has 1 saturated heterocycles. The molecule has 0 aromatic heterocycles. The Morgan fingerprint density at radius 2 is 1.88 bits per heavy atom. The second-order valence-corrected chi connectivity index (χ2v) is 9.42. The molecule has 0 aliphatic carbocycles. The number of nitrogens with one attached hydrogen (secondary N) is 1. The van der Waals surface area contributed by atoms with Crippen LogP contribution in [0.4, 0.5) is 5.69 Å². The third kappa shape index (κ3) is 5.06. The highest BCUT2D eigenvalue weighted by Gasteiger charge is 2.41. The Hall–Kier alpha value is -1.69. The molecular formula is C28H42N2O2S. The van der Waals surface area contributed by atoms with Gasteiger partial charge < -0.3 is 19.7 Å². The predicted molar refractivity (Wildman–Crippen MR) is 144 cm³/mol. The van der Waals surface area contributed by atoms with Crippen LogP contribution in [0.2, 0.25) is 0 Å². The van der Waals surface area contributed by atoms with Gasteiger partial charge in [0.1, 0.15) is 5.75 Å². The van der Waals surface area contributed by atoms with E-state index in [0.717, 1.165) is 24.6 Å². The zero-order valence-electron chi connectivity index (χ0n) is 21.5. The van der Waals surface area contributed by atoms with Crippen molar-refractivity contribution in [2.45, 2.75) is 64.9 Å². The second kappa shape index (κ2) is 12.1. The summed E-state index contributed by atoms with van der Waals surface area (Å²) in [6, 6.07) is 12.0. The van der Waals surface area contributed by atoms with Crippen molar-refractivity contribution in [2.24, 2.45) is 0 Å². The van der Waals surface area contributed by atoms with Crippen molar-refractivity contribution in [3.05, 3.63) is 47.0 Å². The highest BCUT2D eigenvalue weighted by molar-refractivity contribution is 7.98. The number of anilines is 1. The molecule has 33 heavy (non-hydrogen) atoms. The Morgan fingerprint density at radius 1 is 1.09 bits per heavy atom. The van der Waals surface area contributed by atoms with Gasteiger partial charge in [0.2, 0.25) is 0 Å². The van der Waals surface area contributed by atoms with E-state index in [9.17, 15) is 0 Å². The van der Waals surface area contributed by atoms with E-state index in [2.05, 4.69) is 59.2 Å². The molecule has 3 heterocycles. The number of piperidine rings is 1. The SMILES string of the molecule is CC.CC.COc1ccc(-c2cc3c4c(c2)C2CNCCC2N4CCSC3)c(C(C)OC)c1. The van der Waals surface area contributed by atoms with Gasteiger partial charge in [-0.2, -0.15) is 11.8 Å². The van der Waals surface area contributed by atoms with E-state index in [1.54, 1.807) is 19.8 Å². The normalized spacial score (nSPS) is 21.4. The summed E-state index contributed by atoms with van der Waals surface area (Å²) < 4.78 is 11.2. The third-order valence-corrected chi connectivity index (χ3v) is 7.83. The van der Waals surface area contributed by atoms with Crippen molar-refractivity contribution in [3.63, 3.8) is 0 Å². The summed E-state index contributed by atoms with van der Waals surface area (Å²) >= 11 is 2.07. The molecule has 0 radical (unpaired) electrons. The number of hydrogen-bond acceptors (Lipinski definition) is 5. The third-order valence-electron chi connectivity index (χ3n) is 6.85. The van der Waals surface area contributed by atoms with Crippen molar-refractivity contribution in [1.29, 1.82) is 0 Å². The van der Waals surface area contributed by atoms with Crippen LogP contribution < -0.4 is 15.0 Å². The highest BCUT2D eigenvalue weighted by Crippen LogP contribution is 2.49. The maximum Gasteiger partial charge on any atom is 0.119 e. The van der Waals surface area contributed by atoms with Gasteiger partial charge in [-0.1, -0.05) is 33.8 Å². The lowest BCUT2D eigenvalue weighted by atomic mass is 9.87. The molecule has 5 rings (SSSR count). The first kappa shape index (κ1) is 25.9. The van der Waals surface area contributed by atoms with E-state index in [0.29, 0.717) is 12.0 Å². The molecule has 0 spiro atoms. The quantitative estimate of drug-likeness (QED) is 0.542. The second-order valence-electron chi connectivity index (χ2n) is 8.32. The van der Waals surface area contributed by atoms with Crippen LogP contribution in [-0.2, 0) is 10.5 Å². The minimum atomic E-state index is 0.0162. The van der Waals surface area contributed by atoms with Gasteiger partial charge in [0.05, 0.1) is 13.2 Å². The number of thioether (sulfide) groups is 1. The zero-order valence-corrected chi connectivity index (χ0v) is 22.3. The Morgan fingerprint density at radius 3 is 2.61 bits per heavy atom. The fourth-order valence-corrected chi connectivity index (χ4v) is 6.25. The molecule has 2 aromatic rings. The largest absolute Gasteiger partial charge is 0.497 e. The smallest absolute Gasteiger partial charge is 0.119 e. The van der Waals surface area contributed by atoms with Crippen LogP contribution in [0.5, 0.6) is 5.75 Å². The molecule has 1 N–H and O–H groups in total. The van der Waals surface area contributed by atoms with Crippen molar-refractivity contribution in [1.82, 2.24) is 5.32 Å². The lowest BCUT2D eigenvalue weighted by molar-refractivity contribution is 0.120. The monoisotopic (exact) mass is 470 g/mol. The van der Waals surface area contributed by atoms with Gasteiger partial charge >= 0.3 is 0 Å². The summed E-state index contributed by atoms with van der Waals surface area (Å²) in [5, 5.41) is 3.64. The van der Waals surface area contributed by atoms with Gasteiger partial charge in [-0.15, -0.1) is 0 Å². The predicted octanol–water partition coefficient (Wildman–Crippen LogP) is 6.63. The first-order valence-electron chi connectivity index (χ1n) is 12.6. The van der Waals surface area contributed by atoms with Gasteiger partial charge in [0.25, 0.3) is 0 Å². The minimum Gasteiger partial charge on any atom is -0.497 e. The molecule has 0 saturated carbocycles. The van der Waals surface area contributed by atoms with Gasteiger partial charge in [-0.05, 0) is 72.0 Å². The number of rotatable bonds is 4. The van der Waals surface area contributed by atoms with Crippen molar-refractivity contribution in [3.8, 4) is 16.9 Å². The van der Waals surface area contributed by atoms with Crippen LogP contribution in [0.1, 0.15) is 69.8 Å². The van der Waals surface area contributed by atoms with Crippen LogP contribution in [0.15, 0.2) is 30.3 Å². The number of fused-ring (bicyclic) bond motifs is 3. The molecule has 3 aliphatic heterocycles. The van der Waals surface area contributed by atoms with Gasteiger partial charge in [0, 0.05) is 49.4 Å². The summed E-state index contributed by atoms with van der Waals surface area (Å²) in [6.45, 7) is 13.5. The van der Waals surface area contributed by atoms with E-state index in [-0.39, 0.29) is 6.10 Å². The van der Waals surface area contributed by atoms with Crippen LogP contribution in [-0.4, -0.2) is 45.6 Å². The summed E-state index contributed by atoms with van der Waals surface area (Å²) in [5.41, 5.74) is 8.34. The molecule has 3 atom stereocenters. The van der Waals surface area contributed by atoms with Crippen LogP contribution in [0.3, 0.4) is 0 Å². The van der Waals surface area contributed by atoms with E-state index >= 15 is 0 Å². The Kier molecular flexibility index (Phi) is 9.54. The number of ether oxygens (including phenoxy) is 2. The number of nitrogens with zero attached hydrogens (tertiary/aromatic N) is 1. The lowest BCUT2D eigenvalue weighted by Gasteiger charge is -2.33. The number of benzene rings is 2. The Labute approximate surface area is 205 Å². The average molecular weight is 471 g/mol. The summed E-state index contributed by atoms with van der Waals surface area (Å²) in [5.74, 6) is 3.80. The van der Waals surface area contributed by atoms with E-state index < -0.39 is 0 Å². The van der Waals surface area contributed by atoms with Crippen molar-refractivity contribution in [2.75, 3.05) is 44.5 Å². The highest BCUT2D eigenvalue weighted by atomic mass is 32.2. The first-order chi connectivity index (χ1) is 16.2. The molecule has 3 aliphatic rings. The fraction of sp³-hybridized carbons (Fsp3) is 0.571. The fourth-order valence-electron chi connectivity index (χ4n) is 5.33. The first-order valence-corrected chi connectivity index (χ1v) is 13.8. The maximum atomic E-state index is 5.70. The molecule has 3 unspecified atom stereocenters.